The number of aryl methyl sites for hydroxylation is 1. The number of esters is 1. The van der Waals surface area contributed by atoms with Gasteiger partial charge in [-0.05, 0) is 49.6 Å². The summed E-state index contributed by atoms with van der Waals surface area (Å²) in [5, 5.41) is 11.5. The molecule has 2 rings (SSSR count). The molecule has 138 valence electrons. The SMILES string of the molecule is COC(=O)Cc1c(C)nc(NCc2ccc(OC)cc2)c(C(C)=N)c1C. The van der Waals surface area contributed by atoms with Crippen LogP contribution in [0.1, 0.15) is 34.9 Å². The Labute approximate surface area is 154 Å². The van der Waals surface area contributed by atoms with Gasteiger partial charge < -0.3 is 20.2 Å². The summed E-state index contributed by atoms with van der Waals surface area (Å²) in [5.41, 5.74) is 4.66. The summed E-state index contributed by atoms with van der Waals surface area (Å²) in [7, 11) is 3.01. The van der Waals surface area contributed by atoms with Crippen molar-refractivity contribution in [2.75, 3.05) is 19.5 Å². The fourth-order valence-electron chi connectivity index (χ4n) is 2.88. The summed E-state index contributed by atoms with van der Waals surface area (Å²) >= 11 is 0. The quantitative estimate of drug-likeness (QED) is 0.587. The van der Waals surface area contributed by atoms with Gasteiger partial charge in [0.2, 0.25) is 0 Å². The van der Waals surface area contributed by atoms with E-state index in [-0.39, 0.29) is 12.4 Å². The molecule has 6 heteroatoms. The number of nitrogens with one attached hydrogen (secondary N) is 2. The molecule has 0 saturated carbocycles. The molecular formula is C20H25N3O3. The molecule has 26 heavy (non-hydrogen) atoms. The van der Waals surface area contributed by atoms with Gasteiger partial charge in [-0.1, -0.05) is 12.1 Å². The third-order valence-electron chi connectivity index (χ3n) is 4.32. The molecule has 1 aromatic carbocycles. The second-order valence-electron chi connectivity index (χ2n) is 6.10. The molecule has 0 radical (unpaired) electrons. The first-order valence-corrected chi connectivity index (χ1v) is 8.36. The fraction of sp³-hybridized carbons (Fsp3) is 0.350. The van der Waals surface area contributed by atoms with Crippen LogP contribution in [0.25, 0.3) is 0 Å². The first kappa shape index (κ1) is 19.4. The standard InChI is InChI=1S/C20H25N3O3/c1-12-17(10-18(24)26-5)14(3)23-20(19(12)13(2)21)22-11-15-6-8-16(25-4)9-7-15/h6-9,21H,10-11H2,1-5H3,(H,22,23). The molecule has 0 aliphatic heterocycles. The van der Waals surface area contributed by atoms with Crippen molar-refractivity contribution in [3.63, 3.8) is 0 Å². The van der Waals surface area contributed by atoms with Crippen molar-refractivity contribution >= 4 is 17.5 Å². The van der Waals surface area contributed by atoms with Crippen LogP contribution >= 0.6 is 0 Å². The van der Waals surface area contributed by atoms with Gasteiger partial charge in [0.25, 0.3) is 0 Å². The van der Waals surface area contributed by atoms with E-state index in [1.807, 2.05) is 38.1 Å². The minimum Gasteiger partial charge on any atom is -0.497 e. The van der Waals surface area contributed by atoms with Gasteiger partial charge in [0, 0.05) is 23.5 Å². The average molecular weight is 355 g/mol. The smallest absolute Gasteiger partial charge is 0.310 e. The Bertz CT molecular complexity index is 814. The molecule has 0 aliphatic rings. The van der Waals surface area contributed by atoms with E-state index in [0.29, 0.717) is 18.1 Å². The lowest BCUT2D eigenvalue weighted by molar-refractivity contribution is -0.139. The van der Waals surface area contributed by atoms with Gasteiger partial charge in [-0.2, -0.15) is 0 Å². The van der Waals surface area contributed by atoms with Gasteiger partial charge in [-0.15, -0.1) is 0 Å². The average Bonchev–Trinajstić information content (AvgIpc) is 2.62. The Morgan fingerprint density at radius 2 is 1.85 bits per heavy atom. The Hall–Kier alpha value is -2.89. The first-order valence-electron chi connectivity index (χ1n) is 8.36. The van der Waals surface area contributed by atoms with Crippen LogP contribution in [0.4, 0.5) is 5.82 Å². The van der Waals surface area contributed by atoms with Gasteiger partial charge in [-0.3, -0.25) is 4.79 Å². The maximum absolute atomic E-state index is 11.7. The van der Waals surface area contributed by atoms with Crippen LogP contribution in [0.3, 0.4) is 0 Å². The summed E-state index contributed by atoms with van der Waals surface area (Å²) in [6.07, 6.45) is 0.153. The number of carbonyl (C=O) groups excluding carboxylic acids is 1. The highest BCUT2D eigenvalue weighted by atomic mass is 16.5. The number of methoxy groups -OCH3 is 2. The molecular weight excluding hydrogens is 330 g/mol. The Morgan fingerprint density at radius 1 is 1.19 bits per heavy atom. The highest BCUT2D eigenvalue weighted by Crippen LogP contribution is 2.25. The summed E-state index contributed by atoms with van der Waals surface area (Å²) in [4.78, 5) is 16.3. The topological polar surface area (TPSA) is 84.3 Å². The largest absolute Gasteiger partial charge is 0.497 e. The lowest BCUT2D eigenvalue weighted by Gasteiger charge is -2.18. The molecule has 2 aromatic rings. The molecule has 2 N–H and O–H groups in total. The Morgan fingerprint density at radius 3 is 2.38 bits per heavy atom. The van der Waals surface area contributed by atoms with Gasteiger partial charge in [0.05, 0.1) is 20.6 Å². The zero-order chi connectivity index (χ0) is 19.3. The maximum Gasteiger partial charge on any atom is 0.310 e. The van der Waals surface area contributed by atoms with Crippen molar-refractivity contribution in [1.29, 1.82) is 5.41 Å². The second kappa shape index (κ2) is 8.47. The molecule has 0 atom stereocenters. The summed E-state index contributed by atoms with van der Waals surface area (Å²) in [5.74, 6) is 1.14. The zero-order valence-electron chi connectivity index (χ0n) is 15.9. The van der Waals surface area contributed by atoms with Crippen molar-refractivity contribution in [3.05, 3.63) is 52.2 Å². The predicted molar refractivity (Wildman–Crippen MR) is 102 cm³/mol. The van der Waals surface area contributed by atoms with Crippen LogP contribution < -0.4 is 10.1 Å². The molecule has 1 heterocycles. The van der Waals surface area contributed by atoms with E-state index in [1.54, 1.807) is 14.0 Å². The van der Waals surface area contributed by atoms with E-state index in [9.17, 15) is 4.79 Å². The number of pyridine rings is 1. The number of carbonyl (C=O) groups is 1. The molecule has 6 nitrogen and oxygen atoms in total. The van der Waals surface area contributed by atoms with Crippen molar-refractivity contribution in [3.8, 4) is 5.75 Å². The number of rotatable bonds is 7. The minimum absolute atomic E-state index is 0.153. The third-order valence-corrected chi connectivity index (χ3v) is 4.32. The molecule has 0 spiro atoms. The molecule has 0 unspecified atom stereocenters. The van der Waals surface area contributed by atoms with Crippen LogP contribution in [0, 0.1) is 19.3 Å². The fourth-order valence-corrected chi connectivity index (χ4v) is 2.88. The Kier molecular flexibility index (Phi) is 6.33. The number of nitrogens with zero attached hydrogens (tertiary/aromatic N) is 1. The highest BCUT2D eigenvalue weighted by molar-refractivity contribution is 6.02. The van der Waals surface area contributed by atoms with Crippen LogP contribution in [0.5, 0.6) is 5.75 Å². The minimum atomic E-state index is -0.314. The summed E-state index contributed by atoms with van der Waals surface area (Å²) < 4.78 is 9.94. The monoisotopic (exact) mass is 355 g/mol. The van der Waals surface area contributed by atoms with Crippen molar-refractivity contribution in [2.24, 2.45) is 0 Å². The zero-order valence-corrected chi connectivity index (χ0v) is 15.9. The van der Waals surface area contributed by atoms with Crippen LogP contribution in [0.15, 0.2) is 24.3 Å². The van der Waals surface area contributed by atoms with E-state index >= 15 is 0 Å². The molecule has 0 amide bonds. The van der Waals surface area contributed by atoms with Gasteiger partial charge in [0.1, 0.15) is 11.6 Å². The second-order valence-corrected chi connectivity index (χ2v) is 6.10. The van der Waals surface area contributed by atoms with Crippen LogP contribution in [-0.4, -0.2) is 30.9 Å². The molecule has 0 aliphatic carbocycles. The highest BCUT2D eigenvalue weighted by Gasteiger charge is 2.18. The third kappa shape index (κ3) is 4.39. The van der Waals surface area contributed by atoms with Gasteiger partial charge in [-0.25, -0.2) is 4.98 Å². The van der Waals surface area contributed by atoms with Crippen molar-refractivity contribution in [2.45, 2.75) is 33.7 Å². The van der Waals surface area contributed by atoms with Gasteiger partial charge >= 0.3 is 5.97 Å². The Balaban J connectivity index is 2.32. The van der Waals surface area contributed by atoms with E-state index in [1.165, 1.54) is 7.11 Å². The number of aromatic nitrogens is 1. The van der Waals surface area contributed by atoms with E-state index in [4.69, 9.17) is 14.9 Å². The number of hydrogen-bond acceptors (Lipinski definition) is 6. The van der Waals surface area contributed by atoms with Crippen LogP contribution in [-0.2, 0) is 22.5 Å². The van der Waals surface area contributed by atoms with Gasteiger partial charge in [0.15, 0.2) is 0 Å². The maximum atomic E-state index is 11.7. The summed E-state index contributed by atoms with van der Waals surface area (Å²) in [6, 6.07) is 7.77. The summed E-state index contributed by atoms with van der Waals surface area (Å²) in [6.45, 7) is 6.08. The first-order chi connectivity index (χ1) is 12.4. The molecule has 0 fully saturated rings. The molecule has 1 aromatic heterocycles. The predicted octanol–water partition coefficient (Wildman–Crippen LogP) is 3.42. The van der Waals surface area contributed by atoms with Crippen molar-refractivity contribution in [1.82, 2.24) is 4.98 Å². The lowest BCUT2D eigenvalue weighted by Crippen LogP contribution is -2.15. The number of ether oxygens (including phenoxy) is 2. The van der Waals surface area contributed by atoms with E-state index in [0.717, 1.165) is 33.7 Å². The van der Waals surface area contributed by atoms with Crippen LogP contribution in [0.2, 0.25) is 0 Å². The molecule has 0 bridgehead atoms. The molecule has 0 saturated heterocycles. The number of benzene rings is 1. The number of hydrogen-bond donors (Lipinski definition) is 2. The van der Waals surface area contributed by atoms with E-state index in [2.05, 4.69) is 10.3 Å². The van der Waals surface area contributed by atoms with E-state index < -0.39 is 0 Å². The normalized spacial score (nSPS) is 10.3. The number of anilines is 1. The lowest BCUT2D eigenvalue weighted by atomic mass is 9.96. The van der Waals surface area contributed by atoms with Crippen molar-refractivity contribution < 1.29 is 14.3 Å².